The third-order valence-corrected chi connectivity index (χ3v) is 5.22. The molecule has 0 fully saturated rings. The zero-order chi connectivity index (χ0) is 19.3. The summed E-state index contributed by atoms with van der Waals surface area (Å²) in [5.74, 6) is 0.0701. The van der Waals surface area contributed by atoms with Gasteiger partial charge in [-0.1, -0.05) is 54.6 Å². The van der Waals surface area contributed by atoms with Crippen LogP contribution in [0.3, 0.4) is 0 Å². The number of pyridine rings is 1. The molecule has 4 rings (SSSR count). The van der Waals surface area contributed by atoms with Crippen molar-refractivity contribution in [1.82, 2.24) is 10.3 Å². The average molecular weight is 435 g/mol. The molecule has 1 aliphatic rings. The van der Waals surface area contributed by atoms with Crippen molar-refractivity contribution in [3.8, 4) is 11.1 Å². The van der Waals surface area contributed by atoms with Gasteiger partial charge in [-0.25, -0.2) is 4.79 Å². The van der Waals surface area contributed by atoms with Crippen molar-refractivity contribution >= 4 is 28.1 Å². The molecule has 4 nitrogen and oxygen atoms in total. The number of aromatic nitrogens is 1. The predicted molar refractivity (Wildman–Crippen MR) is 114 cm³/mol. The number of nitrogens with zero attached hydrogens (tertiary/aromatic N) is 1. The number of hydrogen-bond acceptors (Lipinski definition) is 3. The van der Waals surface area contributed by atoms with Crippen LogP contribution in [0.2, 0.25) is 0 Å². The molecule has 0 radical (unpaired) electrons. The molecule has 1 aliphatic carbocycles. The van der Waals surface area contributed by atoms with Crippen molar-refractivity contribution in [2.24, 2.45) is 0 Å². The number of carbonyl (C=O) groups excluding carboxylic acids is 1. The Morgan fingerprint density at radius 1 is 1.04 bits per heavy atom. The topological polar surface area (TPSA) is 51.2 Å². The van der Waals surface area contributed by atoms with Crippen molar-refractivity contribution in [3.63, 3.8) is 0 Å². The summed E-state index contributed by atoms with van der Waals surface area (Å²) in [6.45, 7) is 0.701. The molecule has 0 saturated carbocycles. The molecular weight excluding hydrogens is 416 g/mol. The number of fused-ring (bicyclic) bond motifs is 3. The molecule has 140 valence electrons. The Bertz CT molecular complexity index is 970. The molecule has 2 aromatic carbocycles. The first-order valence-corrected chi connectivity index (χ1v) is 9.88. The summed E-state index contributed by atoms with van der Waals surface area (Å²) >= 11 is 3.35. The molecule has 1 amide bonds. The standard InChI is InChI=1S/C23H19BrN2O2/c24-16-11-12-17(26-14-16)6-5-13-25-23(27)28-15-22-20-9-3-1-7-18(20)19-8-2-4-10-21(19)22/h1-12,14,22H,13,15H2,(H,25,27). The van der Waals surface area contributed by atoms with Gasteiger partial charge in [-0.3, -0.25) is 4.98 Å². The monoisotopic (exact) mass is 434 g/mol. The highest BCUT2D eigenvalue weighted by molar-refractivity contribution is 9.10. The van der Waals surface area contributed by atoms with E-state index in [0.717, 1.165) is 10.2 Å². The fraction of sp³-hybridized carbons (Fsp3) is 0.130. The van der Waals surface area contributed by atoms with Crippen LogP contribution in [0.1, 0.15) is 22.7 Å². The van der Waals surface area contributed by atoms with Crippen molar-refractivity contribution in [2.45, 2.75) is 5.92 Å². The molecular formula is C23H19BrN2O2. The number of nitrogens with one attached hydrogen (secondary N) is 1. The van der Waals surface area contributed by atoms with Gasteiger partial charge in [0.15, 0.2) is 0 Å². The molecule has 1 N–H and O–H groups in total. The molecule has 0 spiro atoms. The van der Waals surface area contributed by atoms with E-state index in [2.05, 4.69) is 50.5 Å². The van der Waals surface area contributed by atoms with Gasteiger partial charge in [0, 0.05) is 23.1 Å². The summed E-state index contributed by atoms with van der Waals surface area (Å²) in [6, 6.07) is 20.4. The second kappa shape index (κ2) is 8.40. The van der Waals surface area contributed by atoms with Crippen LogP contribution in [-0.4, -0.2) is 24.2 Å². The van der Waals surface area contributed by atoms with E-state index in [1.54, 1.807) is 6.20 Å². The Kier molecular flexibility index (Phi) is 5.53. The molecule has 0 bridgehead atoms. The lowest BCUT2D eigenvalue weighted by Crippen LogP contribution is -2.26. The lowest BCUT2D eigenvalue weighted by molar-refractivity contribution is 0.144. The normalized spacial score (nSPS) is 12.6. The van der Waals surface area contributed by atoms with Gasteiger partial charge in [-0.15, -0.1) is 0 Å². The minimum Gasteiger partial charge on any atom is -0.449 e. The van der Waals surface area contributed by atoms with Crippen LogP contribution in [0.25, 0.3) is 17.2 Å². The molecule has 1 aromatic heterocycles. The summed E-state index contributed by atoms with van der Waals surface area (Å²) < 4.78 is 6.43. The van der Waals surface area contributed by atoms with Gasteiger partial charge in [-0.05, 0) is 56.4 Å². The van der Waals surface area contributed by atoms with E-state index in [0.29, 0.717) is 13.2 Å². The minimum absolute atomic E-state index is 0.0701. The van der Waals surface area contributed by atoms with Crippen LogP contribution >= 0.6 is 15.9 Å². The SMILES string of the molecule is O=C(NCC=Cc1ccc(Br)cn1)OCC1c2ccccc2-c2ccccc21. The largest absolute Gasteiger partial charge is 0.449 e. The summed E-state index contributed by atoms with van der Waals surface area (Å²) in [6.07, 6.45) is 5.02. The van der Waals surface area contributed by atoms with E-state index in [1.165, 1.54) is 22.3 Å². The lowest BCUT2D eigenvalue weighted by Gasteiger charge is -2.14. The Morgan fingerprint density at radius 3 is 2.36 bits per heavy atom. The highest BCUT2D eigenvalue weighted by Crippen LogP contribution is 2.44. The van der Waals surface area contributed by atoms with Crippen molar-refractivity contribution < 1.29 is 9.53 Å². The van der Waals surface area contributed by atoms with Gasteiger partial charge in [0.05, 0.1) is 5.69 Å². The number of rotatable bonds is 5. The van der Waals surface area contributed by atoms with E-state index in [9.17, 15) is 4.79 Å². The van der Waals surface area contributed by atoms with Crippen LogP contribution in [0.5, 0.6) is 0 Å². The van der Waals surface area contributed by atoms with Crippen LogP contribution in [0.15, 0.2) is 77.4 Å². The number of carbonyl (C=O) groups is 1. The smallest absolute Gasteiger partial charge is 0.407 e. The van der Waals surface area contributed by atoms with Gasteiger partial charge < -0.3 is 10.1 Å². The van der Waals surface area contributed by atoms with E-state index >= 15 is 0 Å². The molecule has 5 heteroatoms. The Morgan fingerprint density at radius 2 is 1.71 bits per heavy atom. The van der Waals surface area contributed by atoms with Crippen LogP contribution in [0.4, 0.5) is 4.79 Å². The van der Waals surface area contributed by atoms with Gasteiger partial charge >= 0.3 is 6.09 Å². The van der Waals surface area contributed by atoms with Crippen molar-refractivity contribution in [2.75, 3.05) is 13.2 Å². The number of ether oxygens (including phenoxy) is 1. The zero-order valence-electron chi connectivity index (χ0n) is 15.1. The van der Waals surface area contributed by atoms with E-state index in [-0.39, 0.29) is 5.92 Å². The van der Waals surface area contributed by atoms with Crippen molar-refractivity contribution in [3.05, 3.63) is 94.2 Å². The highest BCUT2D eigenvalue weighted by atomic mass is 79.9. The summed E-state index contributed by atoms with van der Waals surface area (Å²) in [4.78, 5) is 16.3. The van der Waals surface area contributed by atoms with E-state index in [4.69, 9.17) is 4.74 Å². The first-order chi connectivity index (χ1) is 13.7. The fourth-order valence-electron chi connectivity index (χ4n) is 3.46. The second-order valence-electron chi connectivity index (χ2n) is 6.51. The highest BCUT2D eigenvalue weighted by Gasteiger charge is 2.28. The molecule has 0 saturated heterocycles. The minimum atomic E-state index is -0.421. The van der Waals surface area contributed by atoms with Gasteiger partial charge in [0.1, 0.15) is 6.61 Å². The van der Waals surface area contributed by atoms with Gasteiger partial charge in [0.25, 0.3) is 0 Å². The quantitative estimate of drug-likeness (QED) is 0.584. The average Bonchev–Trinajstić information content (AvgIpc) is 3.05. The molecule has 0 aliphatic heterocycles. The molecule has 0 atom stereocenters. The third kappa shape index (κ3) is 3.99. The number of hydrogen-bond donors (Lipinski definition) is 1. The fourth-order valence-corrected chi connectivity index (χ4v) is 3.69. The lowest BCUT2D eigenvalue weighted by atomic mass is 9.98. The Hall–Kier alpha value is -2.92. The van der Waals surface area contributed by atoms with Gasteiger partial charge in [-0.2, -0.15) is 0 Å². The predicted octanol–water partition coefficient (Wildman–Crippen LogP) is 5.40. The summed E-state index contributed by atoms with van der Waals surface area (Å²) in [7, 11) is 0. The van der Waals surface area contributed by atoms with E-state index < -0.39 is 6.09 Å². The molecule has 0 unspecified atom stereocenters. The van der Waals surface area contributed by atoms with Crippen molar-refractivity contribution in [1.29, 1.82) is 0 Å². The number of halogens is 1. The summed E-state index contributed by atoms with van der Waals surface area (Å²) in [5.41, 5.74) is 5.68. The van der Waals surface area contributed by atoms with E-state index in [1.807, 2.05) is 48.6 Å². The zero-order valence-corrected chi connectivity index (χ0v) is 16.7. The maximum absolute atomic E-state index is 12.1. The first-order valence-electron chi connectivity index (χ1n) is 9.09. The molecule has 3 aromatic rings. The second-order valence-corrected chi connectivity index (χ2v) is 7.43. The van der Waals surface area contributed by atoms with Crippen LogP contribution in [0, 0.1) is 0 Å². The number of alkyl carbamates (subject to hydrolysis) is 1. The molecule has 1 heterocycles. The van der Waals surface area contributed by atoms with Crippen LogP contribution < -0.4 is 5.32 Å². The van der Waals surface area contributed by atoms with Crippen LogP contribution in [-0.2, 0) is 4.74 Å². The Labute approximate surface area is 172 Å². The first kappa shape index (κ1) is 18.4. The maximum Gasteiger partial charge on any atom is 0.407 e. The number of amides is 1. The maximum atomic E-state index is 12.1. The van der Waals surface area contributed by atoms with Gasteiger partial charge in [0.2, 0.25) is 0 Å². The summed E-state index contributed by atoms with van der Waals surface area (Å²) in [5, 5.41) is 2.75. The Balaban J connectivity index is 1.33. The number of benzene rings is 2. The third-order valence-electron chi connectivity index (χ3n) is 4.75. The molecule has 28 heavy (non-hydrogen) atoms.